The van der Waals surface area contributed by atoms with Crippen LogP contribution in [0.2, 0.25) is 0 Å². The van der Waals surface area contributed by atoms with Gasteiger partial charge in [-0.25, -0.2) is 19.3 Å². The number of hydrogen-bond acceptors (Lipinski definition) is 13. The van der Waals surface area contributed by atoms with Crippen molar-refractivity contribution in [2.45, 2.75) is 96.1 Å². The average Bonchev–Trinajstić information content (AvgIpc) is 3.64. The highest BCUT2D eigenvalue weighted by atomic mass is 32.2. The lowest BCUT2D eigenvalue weighted by Crippen LogP contribution is -2.43. The molecule has 1 atom stereocenters. The van der Waals surface area contributed by atoms with Crippen LogP contribution in [0.4, 0.5) is 15.5 Å². The van der Waals surface area contributed by atoms with E-state index in [0.717, 1.165) is 17.4 Å². The number of aromatic nitrogens is 5. The molecule has 2 aliphatic rings. The van der Waals surface area contributed by atoms with Gasteiger partial charge in [0.15, 0.2) is 5.65 Å². The summed E-state index contributed by atoms with van der Waals surface area (Å²) in [6, 6.07) is 0. The Bertz CT molecular complexity index is 1780. The van der Waals surface area contributed by atoms with Crippen LogP contribution in [0, 0.1) is 13.8 Å². The smallest absolute Gasteiger partial charge is 0.427 e. The first-order valence-corrected chi connectivity index (χ1v) is 17.3. The van der Waals surface area contributed by atoms with E-state index in [1.165, 1.54) is 11.8 Å². The van der Waals surface area contributed by atoms with Crippen molar-refractivity contribution in [2.75, 3.05) is 24.0 Å². The van der Waals surface area contributed by atoms with Crippen LogP contribution in [-0.4, -0.2) is 82.3 Å². The fraction of sp³-hybridized carbons (Fsp3) is 0.586. The van der Waals surface area contributed by atoms with Crippen LogP contribution in [0.15, 0.2) is 11.2 Å². The molecule has 2 amide bonds. The monoisotopic (exact) mass is 662 g/mol. The van der Waals surface area contributed by atoms with Crippen molar-refractivity contribution in [1.82, 2.24) is 24.7 Å². The predicted molar refractivity (Wildman–Crippen MR) is 166 cm³/mol. The first-order valence-electron chi connectivity index (χ1n) is 14.5. The van der Waals surface area contributed by atoms with E-state index in [4.69, 9.17) is 28.5 Å². The fourth-order valence-electron chi connectivity index (χ4n) is 5.36. The van der Waals surface area contributed by atoms with Gasteiger partial charge in [0.05, 0.1) is 48.9 Å². The second kappa shape index (κ2) is 11.7. The number of carbonyl (C=O) groups is 2. The second-order valence-corrected chi connectivity index (χ2v) is 15.2. The molecule has 1 spiro atoms. The molecule has 0 bridgehead atoms. The molecule has 0 N–H and O–H groups in total. The van der Waals surface area contributed by atoms with Gasteiger partial charge in [-0.15, -0.1) is 16.7 Å². The molecule has 5 rings (SSSR count). The third kappa shape index (κ3) is 6.58. The summed E-state index contributed by atoms with van der Waals surface area (Å²) in [7, 11) is -2.20. The molecule has 4 heterocycles. The molecule has 1 fully saturated rings. The van der Waals surface area contributed by atoms with E-state index in [1.807, 2.05) is 13.8 Å². The quantitative estimate of drug-likeness (QED) is 0.253. The van der Waals surface area contributed by atoms with E-state index in [1.54, 1.807) is 52.6 Å². The zero-order valence-electron chi connectivity index (χ0n) is 26.8. The van der Waals surface area contributed by atoms with Crippen LogP contribution in [0.1, 0.15) is 70.0 Å². The molecule has 244 valence electrons. The molecule has 1 aliphatic heterocycles. The van der Waals surface area contributed by atoms with Gasteiger partial charge in [-0.05, 0) is 61.3 Å². The van der Waals surface area contributed by atoms with E-state index < -0.39 is 45.5 Å². The van der Waals surface area contributed by atoms with Gasteiger partial charge in [-0.2, -0.15) is 18.5 Å². The maximum Gasteiger partial charge on any atom is 0.427 e. The van der Waals surface area contributed by atoms with Crippen LogP contribution >= 0.6 is 11.8 Å². The van der Waals surface area contributed by atoms with E-state index in [0.29, 0.717) is 50.9 Å². The number of imide groups is 1. The highest BCUT2D eigenvalue weighted by Gasteiger charge is 2.57. The third-order valence-corrected chi connectivity index (χ3v) is 9.05. The Morgan fingerprint density at radius 3 is 2.44 bits per heavy atom. The van der Waals surface area contributed by atoms with Gasteiger partial charge in [0, 0.05) is 28.5 Å². The lowest BCUT2D eigenvalue weighted by atomic mass is 9.94. The van der Waals surface area contributed by atoms with Gasteiger partial charge < -0.3 is 14.2 Å². The fourth-order valence-corrected chi connectivity index (χ4v) is 7.29. The Kier molecular flexibility index (Phi) is 8.55. The number of rotatable bonds is 7. The molecule has 1 saturated carbocycles. The number of methoxy groups -OCH3 is 1. The molecule has 0 radical (unpaired) electrons. The van der Waals surface area contributed by atoms with E-state index in [-0.39, 0.29) is 18.2 Å². The Labute approximate surface area is 266 Å². The first-order chi connectivity index (χ1) is 20.9. The number of amides is 2. The van der Waals surface area contributed by atoms with Crippen molar-refractivity contribution in [3.05, 3.63) is 28.7 Å². The maximum atomic E-state index is 13.4. The summed E-state index contributed by atoms with van der Waals surface area (Å²) >= 11 is 1.25. The van der Waals surface area contributed by atoms with E-state index in [9.17, 15) is 18.0 Å². The summed E-state index contributed by atoms with van der Waals surface area (Å²) < 4.78 is 48.4. The Hall–Kier alpha value is -3.50. The number of aryl methyl sites for hydroxylation is 1. The minimum atomic E-state index is -3.80. The third-order valence-electron chi connectivity index (χ3n) is 7.43. The van der Waals surface area contributed by atoms with Crippen LogP contribution in [0.3, 0.4) is 0 Å². The predicted octanol–water partition coefficient (Wildman–Crippen LogP) is 4.66. The zero-order valence-corrected chi connectivity index (χ0v) is 28.5. The first kappa shape index (κ1) is 32.9. The summed E-state index contributed by atoms with van der Waals surface area (Å²) in [5.41, 5.74) is 1.67. The topological polar surface area (TPSA) is 165 Å². The summed E-state index contributed by atoms with van der Waals surface area (Å²) in [5.74, 6) is 0.668. The number of thioether (sulfide) groups is 1. The molecule has 14 nitrogen and oxygen atoms in total. The van der Waals surface area contributed by atoms with Gasteiger partial charge in [0.25, 0.3) is 10.1 Å². The number of anilines is 1. The molecule has 3 aromatic rings. The van der Waals surface area contributed by atoms with Crippen molar-refractivity contribution in [2.24, 2.45) is 0 Å². The zero-order chi connectivity index (χ0) is 33.1. The van der Waals surface area contributed by atoms with Crippen molar-refractivity contribution >= 4 is 51.0 Å². The van der Waals surface area contributed by atoms with Crippen molar-refractivity contribution < 1.29 is 36.4 Å². The largest absolute Gasteiger partial charge is 0.496 e. The van der Waals surface area contributed by atoms with Gasteiger partial charge in [-0.1, -0.05) is 0 Å². The molecule has 16 heteroatoms. The molecule has 0 aromatic carbocycles. The van der Waals surface area contributed by atoms with Crippen LogP contribution in [0.5, 0.6) is 5.75 Å². The summed E-state index contributed by atoms with van der Waals surface area (Å²) in [6.45, 7) is 12.3. The molecule has 0 saturated heterocycles. The molecule has 45 heavy (non-hydrogen) atoms. The Morgan fingerprint density at radius 1 is 1.18 bits per heavy atom. The number of pyridine rings is 1. The standard InChI is InChI=1S/C29H38N6O8S2/c1-15(2)41-26(36)35(27(37)42-28(5,6)7)25-31-23-20-22(33-34(23)13-18-17(4)21(40-8)16(3)12-30-18)29(10-11-29)19(43-45(9,38)39)14-44-24(20)32-25/h12,15,19H,10-11,13-14H2,1-9H3. The highest BCUT2D eigenvalue weighted by Crippen LogP contribution is 2.57. The average molecular weight is 663 g/mol. The minimum absolute atomic E-state index is 0.163. The number of hydrogen-bond donors (Lipinski definition) is 0. The van der Waals surface area contributed by atoms with E-state index >= 15 is 0 Å². The molecular formula is C29H38N6O8S2. The normalized spacial score (nSPS) is 17.3. The number of nitrogens with zero attached hydrogens (tertiary/aromatic N) is 6. The van der Waals surface area contributed by atoms with Gasteiger partial charge >= 0.3 is 12.2 Å². The number of fused-ring (bicyclic) bond motifs is 1. The number of carbonyl (C=O) groups excluding carboxylic acids is 2. The Morgan fingerprint density at radius 2 is 1.87 bits per heavy atom. The Balaban J connectivity index is 1.73. The maximum absolute atomic E-state index is 13.4. The van der Waals surface area contributed by atoms with Gasteiger partial charge in [-0.3, -0.25) is 9.17 Å². The number of ether oxygens (including phenoxy) is 3. The molecule has 3 aromatic heterocycles. The summed E-state index contributed by atoms with van der Waals surface area (Å²) in [5, 5.41) is 5.99. The van der Waals surface area contributed by atoms with Gasteiger partial charge in [0.2, 0.25) is 5.95 Å². The molecule has 1 unspecified atom stereocenters. The van der Waals surface area contributed by atoms with Crippen LogP contribution in [-0.2, 0) is 35.7 Å². The summed E-state index contributed by atoms with van der Waals surface area (Å²) in [4.78, 5) is 41.4. The van der Waals surface area contributed by atoms with Crippen molar-refractivity contribution in [3.8, 4) is 5.75 Å². The molecular weight excluding hydrogens is 624 g/mol. The van der Waals surface area contributed by atoms with E-state index in [2.05, 4.69) is 9.97 Å². The SMILES string of the molecule is COc1c(C)cnc(Cn2nc3c4c(nc(N(C(=O)OC(C)C)C(=O)OC(C)(C)C)nc42)SCC(OS(C)(=O)=O)C32CC2)c1C. The van der Waals surface area contributed by atoms with Crippen LogP contribution < -0.4 is 9.64 Å². The lowest BCUT2D eigenvalue weighted by molar-refractivity contribution is 0.0550. The summed E-state index contributed by atoms with van der Waals surface area (Å²) in [6.07, 6.45) is 0.764. The van der Waals surface area contributed by atoms with Crippen LogP contribution in [0.25, 0.3) is 11.0 Å². The molecule has 1 aliphatic carbocycles. The highest BCUT2D eigenvalue weighted by molar-refractivity contribution is 7.99. The van der Waals surface area contributed by atoms with Crippen molar-refractivity contribution in [3.63, 3.8) is 0 Å². The lowest BCUT2D eigenvalue weighted by Gasteiger charge is -2.25. The van der Waals surface area contributed by atoms with Crippen molar-refractivity contribution in [1.29, 1.82) is 0 Å². The van der Waals surface area contributed by atoms with Gasteiger partial charge in [0.1, 0.15) is 16.4 Å². The second-order valence-electron chi connectivity index (χ2n) is 12.6. The minimum Gasteiger partial charge on any atom is -0.496 e.